The third-order valence-electron chi connectivity index (χ3n) is 6.64. The highest BCUT2D eigenvalue weighted by Gasteiger charge is 2.61. The average molecular weight is 354 g/mol. The van der Waals surface area contributed by atoms with Gasteiger partial charge in [0.2, 0.25) is 0 Å². The van der Waals surface area contributed by atoms with E-state index in [2.05, 4.69) is 0 Å². The summed E-state index contributed by atoms with van der Waals surface area (Å²) in [4.78, 5) is 0. The van der Waals surface area contributed by atoms with Gasteiger partial charge in [-0.1, -0.05) is 12.8 Å². The molecule has 142 valence electrons. The molecule has 0 bridgehead atoms. The van der Waals surface area contributed by atoms with Crippen molar-refractivity contribution < 1.29 is 28.4 Å². The van der Waals surface area contributed by atoms with Crippen molar-refractivity contribution in [2.75, 3.05) is 13.7 Å². The Morgan fingerprint density at radius 3 is 2.12 bits per heavy atom. The van der Waals surface area contributed by atoms with Gasteiger partial charge in [0.1, 0.15) is 24.4 Å². The summed E-state index contributed by atoms with van der Waals surface area (Å²) in [5.41, 5.74) is 0. The summed E-state index contributed by atoms with van der Waals surface area (Å²) in [7, 11) is 1.73. The fourth-order valence-electron chi connectivity index (χ4n) is 5.34. The maximum Gasteiger partial charge on any atom is 0.190 e. The van der Waals surface area contributed by atoms with Crippen molar-refractivity contribution in [3.63, 3.8) is 0 Å². The van der Waals surface area contributed by atoms with Gasteiger partial charge in [0.15, 0.2) is 17.9 Å². The van der Waals surface area contributed by atoms with E-state index in [4.69, 9.17) is 28.4 Å². The van der Waals surface area contributed by atoms with Crippen molar-refractivity contribution in [2.24, 2.45) is 0 Å². The van der Waals surface area contributed by atoms with Crippen molar-refractivity contribution in [3.05, 3.63) is 0 Å². The number of hydrogen-bond acceptors (Lipinski definition) is 6. The number of methoxy groups -OCH3 is 1. The molecule has 2 saturated carbocycles. The molecule has 5 rings (SSSR count). The van der Waals surface area contributed by atoms with Crippen LogP contribution < -0.4 is 0 Å². The standard InChI is InChI=1S/C19H30O6/c1-20-15-14(13-12-21-18(23-13)8-4-2-5-9-18)22-17-16(15)24-19(25-17)10-6-3-7-11-19/h13-17H,2-12H2,1H3/t13-,14-,15+,16-,17-/m1/s1. The molecule has 0 aromatic heterocycles. The van der Waals surface area contributed by atoms with Gasteiger partial charge in [-0.25, -0.2) is 0 Å². The van der Waals surface area contributed by atoms with Gasteiger partial charge in [-0.15, -0.1) is 0 Å². The maximum atomic E-state index is 6.38. The van der Waals surface area contributed by atoms with Gasteiger partial charge < -0.3 is 28.4 Å². The summed E-state index contributed by atoms with van der Waals surface area (Å²) >= 11 is 0. The van der Waals surface area contributed by atoms with Crippen LogP contribution in [0, 0.1) is 0 Å². The SMILES string of the molecule is CO[C@@H]1[C@H]2OC3(CCCCC3)O[C@H]2O[C@@H]1[C@H]1COC2(CCCCC2)O1. The Kier molecular flexibility index (Phi) is 4.34. The van der Waals surface area contributed by atoms with Crippen molar-refractivity contribution in [3.8, 4) is 0 Å². The molecule has 5 atom stereocenters. The summed E-state index contributed by atoms with van der Waals surface area (Å²) in [6.07, 6.45) is 10.1. The molecule has 2 aliphatic carbocycles. The van der Waals surface area contributed by atoms with Crippen LogP contribution in [0.25, 0.3) is 0 Å². The first-order chi connectivity index (χ1) is 12.2. The van der Waals surface area contributed by atoms with Crippen molar-refractivity contribution >= 4 is 0 Å². The van der Waals surface area contributed by atoms with E-state index < -0.39 is 11.6 Å². The van der Waals surface area contributed by atoms with Crippen molar-refractivity contribution in [2.45, 2.75) is 106 Å². The highest BCUT2D eigenvalue weighted by Crippen LogP contribution is 2.48. The first-order valence-corrected chi connectivity index (χ1v) is 10.1. The largest absolute Gasteiger partial charge is 0.376 e. The quantitative estimate of drug-likeness (QED) is 0.760. The van der Waals surface area contributed by atoms with E-state index in [9.17, 15) is 0 Å². The number of rotatable bonds is 2. The number of fused-ring (bicyclic) bond motifs is 1. The zero-order chi connectivity index (χ0) is 16.9. The minimum absolute atomic E-state index is 0.108. The van der Waals surface area contributed by atoms with Crippen LogP contribution in [0.4, 0.5) is 0 Å². The number of ether oxygens (including phenoxy) is 6. The molecule has 0 amide bonds. The van der Waals surface area contributed by atoms with E-state index in [1.807, 2.05) is 0 Å². The van der Waals surface area contributed by atoms with Gasteiger partial charge in [-0.2, -0.15) is 0 Å². The van der Waals surface area contributed by atoms with E-state index in [-0.39, 0.29) is 30.7 Å². The van der Waals surface area contributed by atoms with Gasteiger partial charge >= 0.3 is 0 Å². The second-order valence-corrected chi connectivity index (χ2v) is 8.28. The van der Waals surface area contributed by atoms with E-state index in [0.29, 0.717) is 6.61 Å². The molecule has 0 N–H and O–H groups in total. The molecule has 0 radical (unpaired) electrons. The number of hydrogen-bond donors (Lipinski definition) is 0. The minimum Gasteiger partial charge on any atom is -0.376 e. The van der Waals surface area contributed by atoms with Crippen LogP contribution in [0.3, 0.4) is 0 Å². The minimum atomic E-state index is -0.451. The van der Waals surface area contributed by atoms with Gasteiger partial charge in [-0.05, 0) is 25.7 Å². The van der Waals surface area contributed by atoms with Crippen LogP contribution in [0.15, 0.2) is 0 Å². The van der Waals surface area contributed by atoms with Gasteiger partial charge in [0.05, 0.1) is 6.61 Å². The van der Waals surface area contributed by atoms with Crippen LogP contribution in [0.1, 0.15) is 64.2 Å². The normalized spacial score (nSPS) is 45.2. The Bertz CT molecular complexity index is 484. The molecule has 2 spiro atoms. The van der Waals surface area contributed by atoms with Gasteiger partial charge in [0.25, 0.3) is 0 Å². The molecule has 25 heavy (non-hydrogen) atoms. The molecule has 3 saturated heterocycles. The lowest BCUT2D eigenvalue weighted by atomic mass is 9.94. The fraction of sp³-hybridized carbons (Fsp3) is 1.00. The average Bonchev–Trinajstić information content (AvgIpc) is 3.27. The molecule has 6 heteroatoms. The molecule has 5 fully saturated rings. The summed E-state index contributed by atoms with van der Waals surface area (Å²) in [6, 6.07) is 0. The zero-order valence-corrected chi connectivity index (χ0v) is 15.1. The van der Waals surface area contributed by atoms with Crippen LogP contribution in [0.5, 0.6) is 0 Å². The predicted molar refractivity (Wildman–Crippen MR) is 87.9 cm³/mol. The molecule has 0 aromatic rings. The highest BCUT2D eigenvalue weighted by atomic mass is 16.8. The molecule has 3 aliphatic heterocycles. The van der Waals surface area contributed by atoms with Gasteiger partial charge in [-0.3, -0.25) is 0 Å². The third-order valence-corrected chi connectivity index (χ3v) is 6.64. The molecule has 6 nitrogen and oxygen atoms in total. The lowest BCUT2D eigenvalue weighted by molar-refractivity contribution is -0.261. The van der Waals surface area contributed by atoms with Gasteiger partial charge in [0, 0.05) is 32.8 Å². The highest BCUT2D eigenvalue weighted by molar-refractivity contribution is 5.01. The van der Waals surface area contributed by atoms with Crippen molar-refractivity contribution in [1.29, 1.82) is 0 Å². The summed E-state index contributed by atoms with van der Waals surface area (Å²) < 4.78 is 37.1. The lowest BCUT2D eigenvalue weighted by Crippen LogP contribution is -2.45. The topological polar surface area (TPSA) is 55.4 Å². The smallest absolute Gasteiger partial charge is 0.190 e. The Morgan fingerprint density at radius 1 is 0.760 bits per heavy atom. The first kappa shape index (κ1) is 16.9. The Balaban J connectivity index is 1.27. The Morgan fingerprint density at radius 2 is 1.44 bits per heavy atom. The second-order valence-electron chi connectivity index (χ2n) is 8.28. The van der Waals surface area contributed by atoms with E-state index in [0.717, 1.165) is 38.5 Å². The van der Waals surface area contributed by atoms with Crippen LogP contribution >= 0.6 is 0 Å². The molecule has 5 aliphatic rings. The van der Waals surface area contributed by atoms with Crippen molar-refractivity contribution in [1.82, 2.24) is 0 Å². The molecule has 0 aromatic carbocycles. The Labute approximate surface area is 149 Å². The summed E-state index contributed by atoms with van der Waals surface area (Å²) in [5.74, 6) is -0.846. The van der Waals surface area contributed by atoms with Crippen LogP contribution in [-0.4, -0.2) is 56.0 Å². The van der Waals surface area contributed by atoms with E-state index in [1.54, 1.807) is 7.11 Å². The van der Waals surface area contributed by atoms with Crippen LogP contribution in [0.2, 0.25) is 0 Å². The molecular formula is C19H30O6. The maximum absolute atomic E-state index is 6.38. The Hall–Kier alpha value is -0.240. The second kappa shape index (κ2) is 6.43. The molecular weight excluding hydrogens is 324 g/mol. The molecule has 3 heterocycles. The fourth-order valence-corrected chi connectivity index (χ4v) is 5.34. The summed E-state index contributed by atoms with van der Waals surface area (Å²) in [6.45, 7) is 0.565. The van der Waals surface area contributed by atoms with Crippen LogP contribution in [-0.2, 0) is 28.4 Å². The first-order valence-electron chi connectivity index (χ1n) is 10.1. The zero-order valence-electron chi connectivity index (χ0n) is 15.1. The molecule has 0 unspecified atom stereocenters. The lowest BCUT2D eigenvalue weighted by Gasteiger charge is -2.35. The monoisotopic (exact) mass is 354 g/mol. The van der Waals surface area contributed by atoms with E-state index >= 15 is 0 Å². The summed E-state index contributed by atoms with van der Waals surface area (Å²) in [5, 5.41) is 0. The van der Waals surface area contributed by atoms with E-state index in [1.165, 1.54) is 25.7 Å². The third kappa shape index (κ3) is 2.86. The predicted octanol–water partition coefficient (Wildman–Crippen LogP) is 2.88.